The largest absolute Gasteiger partial charge is 0.312 e. The predicted octanol–water partition coefficient (Wildman–Crippen LogP) is 2.82. The number of nitriles is 2. The Bertz CT molecular complexity index is 992. The first-order chi connectivity index (χ1) is 12.2. The van der Waals surface area contributed by atoms with Crippen LogP contribution in [0.25, 0.3) is 16.7 Å². The highest BCUT2D eigenvalue weighted by atomic mass is 16.2. The van der Waals surface area contributed by atoms with Crippen LogP contribution in [0, 0.1) is 29.6 Å². The van der Waals surface area contributed by atoms with Crippen LogP contribution in [-0.4, -0.2) is 33.4 Å². The molecule has 1 heterocycles. The van der Waals surface area contributed by atoms with Crippen LogP contribution in [0.1, 0.15) is 16.2 Å². The van der Waals surface area contributed by atoms with Gasteiger partial charge < -0.3 is 4.90 Å². The molecule has 0 spiro atoms. The molecule has 25 heavy (non-hydrogen) atoms. The van der Waals surface area contributed by atoms with Gasteiger partial charge in [-0.3, -0.25) is 9.36 Å². The van der Waals surface area contributed by atoms with E-state index in [1.54, 1.807) is 12.1 Å². The second-order valence-corrected chi connectivity index (χ2v) is 5.51. The highest BCUT2D eigenvalue weighted by molar-refractivity contribution is 5.98. The molecule has 1 amide bonds. The summed E-state index contributed by atoms with van der Waals surface area (Å²) in [6.07, 6.45) is 0. The van der Waals surface area contributed by atoms with Gasteiger partial charge in [0.05, 0.1) is 23.2 Å². The third-order valence-electron chi connectivity index (χ3n) is 3.89. The van der Waals surface area contributed by atoms with Gasteiger partial charge in [-0.25, -0.2) is 4.98 Å². The number of imidazole rings is 1. The van der Waals surface area contributed by atoms with Crippen LogP contribution in [-0.2, 0) is 0 Å². The molecular weight excluding hydrogens is 314 g/mol. The summed E-state index contributed by atoms with van der Waals surface area (Å²) in [7, 11) is 0. The van der Waals surface area contributed by atoms with E-state index in [-0.39, 0.29) is 19.0 Å². The smallest absolute Gasteiger partial charge is 0.255 e. The van der Waals surface area contributed by atoms with E-state index in [9.17, 15) is 4.79 Å². The maximum Gasteiger partial charge on any atom is 0.255 e. The van der Waals surface area contributed by atoms with Crippen molar-refractivity contribution in [3.63, 3.8) is 0 Å². The van der Waals surface area contributed by atoms with Crippen LogP contribution < -0.4 is 0 Å². The van der Waals surface area contributed by atoms with Crippen LogP contribution in [0.4, 0.5) is 0 Å². The van der Waals surface area contributed by atoms with Crippen LogP contribution >= 0.6 is 0 Å². The van der Waals surface area contributed by atoms with Crippen molar-refractivity contribution in [3.8, 4) is 17.8 Å². The first kappa shape index (κ1) is 16.2. The summed E-state index contributed by atoms with van der Waals surface area (Å²) in [6, 6.07) is 18.9. The lowest BCUT2D eigenvalue weighted by molar-refractivity contribution is 0.0795. The number of fused-ring (bicyclic) bond motifs is 1. The molecular formula is C19H15N5O. The van der Waals surface area contributed by atoms with Crippen molar-refractivity contribution in [1.29, 1.82) is 10.5 Å². The number of aromatic nitrogens is 2. The normalized spacial score (nSPS) is 10.2. The third-order valence-corrected chi connectivity index (χ3v) is 3.89. The first-order valence-electron chi connectivity index (χ1n) is 7.73. The molecule has 0 aliphatic carbocycles. The molecule has 0 unspecified atom stereocenters. The maximum absolute atomic E-state index is 12.5. The number of benzene rings is 2. The van der Waals surface area contributed by atoms with Gasteiger partial charge in [-0.15, -0.1) is 0 Å². The second kappa shape index (κ2) is 6.86. The zero-order valence-electron chi connectivity index (χ0n) is 13.7. The van der Waals surface area contributed by atoms with Gasteiger partial charge in [0.25, 0.3) is 5.91 Å². The van der Waals surface area contributed by atoms with Gasteiger partial charge in [0, 0.05) is 11.3 Å². The zero-order valence-corrected chi connectivity index (χ0v) is 13.7. The van der Waals surface area contributed by atoms with Crippen molar-refractivity contribution in [2.24, 2.45) is 0 Å². The summed E-state index contributed by atoms with van der Waals surface area (Å²) in [5, 5.41) is 17.7. The standard InChI is InChI=1S/C19H15N5O/c1-14-22-17-13-15(19(25)23(11-9-20)12-10-21)7-8-18(17)24(14)16-5-3-2-4-6-16/h2-8,13H,11-12H2,1H3. The number of carbonyl (C=O) groups is 1. The van der Waals surface area contributed by atoms with Gasteiger partial charge >= 0.3 is 0 Å². The molecule has 122 valence electrons. The number of hydrogen-bond acceptors (Lipinski definition) is 4. The summed E-state index contributed by atoms with van der Waals surface area (Å²) in [5.41, 5.74) is 3.00. The van der Waals surface area contributed by atoms with E-state index in [1.807, 2.05) is 60.0 Å². The topological polar surface area (TPSA) is 85.7 Å². The Labute approximate surface area is 145 Å². The summed E-state index contributed by atoms with van der Waals surface area (Å²) < 4.78 is 2.02. The fourth-order valence-electron chi connectivity index (χ4n) is 2.79. The Balaban J connectivity index is 2.04. The van der Waals surface area contributed by atoms with Crippen LogP contribution in [0.2, 0.25) is 0 Å². The van der Waals surface area contributed by atoms with Crippen molar-refractivity contribution in [2.45, 2.75) is 6.92 Å². The number of hydrogen-bond donors (Lipinski definition) is 0. The summed E-state index contributed by atoms with van der Waals surface area (Å²) >= 11 is 0. The summed E-state index contributed by atoms with van der Waals surface area (Å²) in [4.78, 5) is 18.3. The predicted molar refractivity (Wildman–Crippen MR) is 92.9 cm³/mol. The van der Waals surface area contributed by atoms with E-state index < -0.39 is 0 Å². The van der Waals surface area contributed by atoms with E-state index in [4.69, 9.17) is 10.5 Å². The minimum absolute atomic E-state index is 0.123. The first-order valence-corrected chi connectivity index (χ1v) is 7.73. The lowest BCUT2D eigenvalue weighted by atomic mass is 10.1. The van der Waals surface area contributed by atoms with E-state index in [2.05, 4.69) is 4.98 Å². The Morgan fingerprint density at radius 1 is 1.12 bits per heavy atom. The van der Waals surface area contributed by atoms with Crippen molar-refractivity contribution in [2.75, 3.05) is 13.1 Å². The molecule has 1 aromatic heterocycles. The average Bonchev–Trinajstić information content (AvgIpc) is 2.96. The second-order valence-electron chi connectivity index (χ2n) is 5.51. The molecule has 0 bridgehead atoms. The molecule has 2 aromatic carbocycles. The Kier molecular flexibility index (Phi) is 4.45. The highest BCUT2D eigenvalue weighted by Crippen LogP contribution is 2.22. The summed E-state index contributed by atoms with van der Waals surface area (Å²) in [6.45, 7) is 1.66. The minimum atomic E-state index is -0.350. The molecule has 0 fully saturated rings. The molecule has 0 aliphatic heterocycles. The van der Waals surface area contributed by atoms with E-state index >= 15 is 0 Å². The lowest BCUT2D eigenvalue weighted by Crippen LogP contribution is -2.31. The maximum atomic E-state index is 12.5. The molecule has 0 atom stereocenters. The molecule has 0 saturated heterocycles. The number of carbonyl (C=O) groups excluding carboxylic acids is 1. The van der Waals surface area contributed by atoms with Crippen LogP contribution in [0.15, 0.2) is 48.5 Å². The van der Waals surface area contributed by atoms with Crippen molar-refractivity contribution < 1.29 is 4.79 Å². The third kappa shape index (κ3) is 3.06. The van der Waals surface area contributed by atoms with Gasteiger partial charge in [-0.1, -0.05) is 18.2 Å². The van der Waals surface area contributed by atoms with Crippen molar-refractivity contribution in [3.05, 3.63) is 59.9 Å². The zero-order chi connectivity index (χ0) is 17.8. The number of nitrogens with zero attached hydrogens (tertiary/aromatic N) is 5. The Morgan fingerprint density at radius 3 is 2.44 bits per heavy atom. The molecule has 0 saturated carbocycles. The van der Waals surface area contributed by atoms with Gasteiger partial charge in [0.1, 0.15) is 18.9 Å². The van der Waals surface area contributed by atoms with Gasteiger partial charge in [0.2, 0.25) is 0 Å². The SMILES string of the molecule is Cc1nc2cc(C(=O)N(CC#N)CC#N)ccc2n1-c1ccccc1. The van der Waals surface area contributed by atoms with Gasteiger partial charge in [-0.05, 0) is 37.3 Å². The lowest BCUT2D eigenvalue weighted by Gasteiger charge is -2.15. The van der Waals surface area contributed by atoms with Gasteiger partial charge in [0.15, 0.2) is 0 Å². The number of aryl methyl sites for hydroxylation is 1. The van der Waals surface area contributed by atoms with E-state index in [1.165, 1.54) is 4.90 Å². The number of rotatable bonds is 4. The van der Waals surface area contributed by atoms with Crippen LogP contribution in [0.5, 0.6) is 0 Å². The molecule has 0 N–H and O–H groups in total. The molecule has 0 radical (unpaired) electrons. The fourth-order valence-corrected chi connectivity index (χ4v) is 2.79. The Morgan fingerprint density at radius 2 is 1.80 bits per heavy atom. The molecule has 3 rings (SSSR count). The minimum Gasteiger partial charge on any atom is -0.312 e. The van der Waals surface area contributed by atoms with Crippen molar-refractivity contribution in [1.82, 2.24) is 14.5 Å². The molecule has 6 heteroatoms. The van der Waals surface area contributed by atoms with E-state index in [0.717, 1.165) is 17.0 Å². The highest BCUT2D eigenvalue weighted by Gasteiger charge is 2.17. The molecule has 3 aromatic rings. The summed E-state index contributed by atoms with van der Waals surface area (Å²) in [5.74, 6) is 0.466. The number of amides is 1. The number of para-hydroxylation sites is 1. The quantitative estimate of drug-likeness (QED) is 0.689. The van der Waals surface area contributed by atoms with E-state index in [0.29, 0.717) is 11.1 Å². The molecule has 6 nitrogen and oxygen atoms in total. The molecule has 0 aliphatic rings. The van der Waals surface area contributed by atoms with Gasteiger partial charge in [-0.2, -0.15) is 10.5 Å². The Hall–Kier alpha value is -3.64. The average molecular weight is 329 g/mol. The monoisotopic (exact) mass is 329 g/mol. The van der Waals surface area contributed by atoms with Crippen LogP contribution in [0.3, 0.4) is 0 Å². The fraction of sp³-hybridized carbons (Fsp3) is 0.158. The van der Waals surface area contributed by atoms with Crippen molar-refractivity contribution >= 4 is 16.9 Å².